The van der Waals surface area contributed by atoms with Crippen LogP contribution in [0, 0.1) is 0 Å². The van der Waals surface area contributed by atoms with Crippen LogP contribution in [0.5, 0.6) is 11.5 Å². The number of rotatable bonds is 10. The Balaban J connectivity index is 0.00000450. The molecule has 1 aromatic heterocycles. The highest BCUT2D eigenvalue weighted by Gasteiger charge is 2.20. The van der Waals surface area contributed by atoms with Crippen molar-refractivity contribution in [2.75, 3.05) is 37.9 Å². The van der Waals surface area contributed by atoms with Crippen molar-refractivity contribution >= 4 is 56.8 Å². The fourth-order valence-electron chi connectivity index (χ4n) is 2.49. The number of ether oxygens (including phenoxy) is 2. The van der Waals surface area contributed by atoms with E-state index in [0.29, 0.717) is 36.3 Å². The van der Waals surface area contributed by atoms with E-state index in [0.717, 1.165) is 11.3 Å². The predicted molar refractivity (Wildman–Crippen MR) is 132 cm³/mol. The minimum absolute atomic E-state index is 0. The van der Waals surface area contributed by atoms with E-state index in [-0.39, 0.29) is 40.5 Å². The molecule has 11 heteroatoms. The van der Waals surface area contributed by atoms with Crippen LogP contribution in [0.4, 0.5) is 5.69 Å². The van der Waals surface area contributed by atoms with E-state index in [4.69, 9.17) is 9.47 Å². The molecular formula is C19H28IN3O5S2. The zero-order valence-electron chi connectivity index (χ0n) is 17.1. The number of methoxy groups -OCH3 is 1. The lowest BCUT2D eigenvalue weighted by molar-refractivity contribution is 0.206. The van der Waals surface area contributed by atoms with E-state index < -0.39 is 15.9 Å². The van der Waals surface area contributed by atoms with Crippen LogP contribution in [0.1, 0.15) is 13.8 Å². The van der Waals surface area contributed by atoms with Crippen molar-refractivity contribution in [3.63, 3.8) is 0 Å². The van der Waals surface area contributed by atoms with Crippen molar-refractivity contribution < 1.29 is 23.0 Å². The number of nitrogens with zero attached hydrogens (tertiary/aromatic N) is 1. The fourth-order valence-corrected chi connectivity index (χ4v) is 4.96. The number of aliphatic hydroxyl groups is 1. The second kappa shape index (κ2) is 13.0. The molecule has 0 spiro atoms. The van der Waals surface area contributed by atoms with Gasteiger partial charge in [-0.15, -0.1) is 35.3 Å². The smallest absolute Gasteiger partial charge is 0.195 e. The second-order valence-electron chi connectivity index (χ2n) is 6.01. The first-order valence-electron chi connectivity index (χ1n) is 9.20. The van der Waals surface area contributed by atoms with Gasteiger partial charge in [-0.25, -0.2) is 8.42 Å². The maximum Gasteiger partial charge on any atom is 0.195 e. The van der Waals surface area contributed by atoms with Gasteiger partial charge in [0.1, 0.15) is 4.21 Å². The van der Waals surface area contributed by atoms with Crippen LogP contribution in [0.3, 0.4) is 0 Å². The van der Waals surface area contributed by atoms with Crippen LogP contribution in [-0.4, -0.2) is 58.1 Å². The minimum atomic E-state index is -3.53. The normalized spacial score (nSPS) is 12.6. The van der Waals surface area contributed by atoms with Gasteiger partial charge >= 0.3 is 0 Å². The summed E-state index contributed by atoms with van der Waals surface area (Å²) in [6, 6.07) is 8.57. The van der Waals surface area contributed by atoms with Gasteiger partial charge in [-0.05, 0) is 37.4 Å². The van der Waals surface area contributed by atoms with Gasteiger partial charge in [-0.2, -0.15) is 0 Å². The molecule has 0 bridgehead atoms. The largest absolute Gasteiger partial charge is 0.493 e. The first-order valence-corrected chi connectivity index (χ1v) is 11.7. The molecule has 0 aliphatic heterocycles. The molecule has 0 saturated heterocycles. The molecule has 0 amide bonds. The van der Waals surface area contributed by atoms with E-state index >= 15 is 0 Å². The van der Waals surface area contributed by atoms with E-state index in [1.165, 1.54) is 6.07 Å². The number of nitrogens with one attached hydrogen (secondary N) is 2. The molecule has 2 rings (SSSR count). The number of guanidine groups is 1. The Morgan fingerprint density at radius 2 is 2.03 bits per heavy atom. The summed E-state index contributed by atoms with van der Waals surface area (Å²) in [5.74, 6) is 1.26. The molecule has 2 aromatic rings. The average Bonchev–Trinajstić information content (AvgIpc) is 3.23. The lowest BCUT2D eigenvalue weighted by Crippen LogP contribution is -2.32. The third kappa shape index (κ3) is 7.93. The average molecular weight is 569 g/mol. The van der Waals surface area contributed by atoms with Crippen LogP contribution in [0.15, 0.2) is 44.9 Å². The highest BCUT2D eigenvalue weighted by Crippen LogP contribution is 2.30. The molecule has 0 radical (unpaired) electrons. The third-order valence-electron chi connectivity index (χ3n) is 3.74. The van der Waals surface area contributed by atoms with Crippen molar-refractivity contribution in [1.29, 1.82) is 0 Å². The predicted octanol–water partition coefficient (Wildman–Crippen LogP) is 2.99. The first-order chi connectivity index (χ1) is 13.9. The highest BCUT2D eigenvalue weighted by atomic mass is 127. The van der Waals surface area contributed by atoms with Crippen LogP contribution in [-0.2, 0) is 9.84 Å². The van der Waals surface area contributed by atoms with Crippen LogP contribution in [0.2, 0.25) is 0 Å². The van der Waals surface area contributed by atoms with Crippen molar-refractivity contribution in [2.45, 2.75) is 24.2 Å². The van der Waals surface area contributed by atoms with E-state index in [1.807, 2.05) is 19.9 Å². The van der Waals surface area contributed by atoms with Crippen LogP contribution >= 0.6 is 35.3 Å². The lowest BCUT2D eigenvalue weighted by Gasteiger charge is -2.15. The molecule has 1 atom stereocenters. The number of benzene rings is 1. The minimum Gasteiger partial charge on any atom is -0.493 e. The zero-order valence-corrected chi connectivity index (χ0v) is 21.1. The Labute approximate surface area is 198 Å². The number of hydrogen-bond donors (Lipinski definition) is 3. The molecule has 168 valence electrons. The quantitative estimate of drug-likeness (QED) is 0.229. The summed E-state index contributed by atoms with van der Waals surface area (Å²) in [7, 11) is -1.97. The number of halogens is 1. The molecule has 3 N–H and O–H groups in total. The highest BCUT2D eigenvalue weighted by molar-refractivity contribution is 14.0. The van der Waals surface area contributed by atoms with Crippen molar-refractivity contribution in [1.82, 2.24) is 5.32 Å². The van der Waals surface area contributed by atoms with Gasteiger partial charge in [-0.3, -0.25) is 4.99 Å². The number of aliphatic hydroxyl groups excluding tert-OH is 1. The second-order valence-corrected chi connectivity index (χ2v) is 9.22. The summed E-state index contributed by atoms with van der Waals surface area (Å²) in [5.41, 5.74) is 0.714. The summed E-state index contributed by atoms with van der Waals surface area (Å²) in [6.07, 6.45) is -1.12. The Kier molecular flexibility index (Phi) is 11.4. The molecule has 1 heterocycles. The van der Waals surface area contributed by atoms with Crippen molar-refractivity contribution in [3.05, 3.63) is 35.7 Å². The number of sulfone groups is 1. The molecule has 0 aliphatic carbocycles. The standard InChI is InChI=1S/C19H27N3O5S2.HI/c1-4-20-19(22-14-8-9-16(27-5-2)17(11-14)26-3)21-12-15(23)13-29(24,25)18-7-6-10-28-18;/h6-11,15,23H,4-5,12-13H2,1-3H3,(H2,20,21,22);1H. The molecule has 30 heavy (non-hydrogen) atoms. The number of hydrogen-bond acceptors (Lipinski definition) is 7. The van der Waals surface area contributed by atoms with Gasteiger partial charge in [0.05, 0.1) is 32.1 Å². The summed E-state index contributed by atoms with van der Waals surface area (Å²) < 4.78 is 35.6. The SMILES string of the molecule is CCNC(=NCC(O)CS(=O)(=O)c1cccs1)Nc1ccc(OCC)c(OC)c1.I. The zero-order chi connectivity index (χ0) is 21.3. The topological polar surface area (TPSA) is 109 Å². The monoisotopic (exact) mass is 569 g/mol. The van der Waals surface area contributed by atoms with Crippen molar-refractivity contribution in [3.8, 4) is 11.5 Å². The fraction of sp³-hybridized carbons (Fsp3) is 0.421. The third-order valence-corrected chi connectivity index (χ3v) is 7.03. The van der Waals surface area contributed by atoms with Gasteiger partial charge in [0.15, 0.2) is 27.3 Å². The lowest BCUT2D eigenvalue weighted by atomic mass is 10.2. The Morgan fingerprint density at radius 3 is 2.63 bits per heavy atom. The van der Waals surface area contributed by atoms with Crippen LogP contribution < -0.4 is 20.1 Å². The van der Waals surface area contributed by atoms with E-state index in [2.05, 4.69) is 15.6 Å². The van der Waals surface area contributed by atoms with Gasteiger partial charge in [0, 0.05) is 18.3 Å². The Bertz CT molecular complexity index is 905. The van der Waals surface area contributed by atoms with Gasteiger partial charge in [0.2, 0.25) is 0 Å². The summed E-state index contributed by atoms with van der Waals surface area (Å²) >= 11 is 1.13. The van der Waals surface area contributed by atoms with E-state index in [1.54, 1.807) is 30.7 Å². The molecule has 1 unspecified atom stereocenters. The summed E-state index contributed by atoms with van der Waals surface area (Å²) in [6.45, 7) is 4.87. The number of aliphatic imine (C=N–C) groups is 1. The maximum atomic E-state index is 12.3. The van der Waals surface area contributed by atoms with Gasteiger partial charge < -0.3 is 25.2 Å². The number of thiophene rings is 1. The molecule has 0 fully saturated rings. The summed E-state index contributed by atoms with van der Waals surface area (Å²) in [4.78, 5) is 4.30. The summed E-state index contributed by atoms with van der Waals surface area (Å²) in [5, 5.41) is 18.0. The van der Waals surface area contributed by atoms with Gasteiger partial charge in [0.25, 0.3) is 0 Å². The Morgan fingerprint density at radius 1 is 1.27 bits per heavy atom. The van der Waals surface area contributed by atoms with Crippen LogP contribution in [0.25, 0.3) is 0 Å². The first kappa shape index (κ1) is 26.5. The maximum absolute atomic E-state index is 12.3. The molecular weight excluding hydrogens is 541 g/mol. The Hall–Kier alpha value is -1.57. The molecule has 8 nitrogen and oxygen atoms in total. The van der Waals surface area contributed by atoms with E-state index in [9.17, 15) is 13.5 Å². The molecule has 1 aromatic carbocycles. The number of anilines is 1. The molecule has 0 aliphatic rings. The van der Waals surface area contributed by atoms with Crippen molar-refractivity contribution in [2.24, 2.45) is 4.99 Å². The van der Waals surface area contributed by atoms with Gasteiger partial charge in [-0.1, -0.05) is 6.07 Å². The molecule has 0 saturated carbocycles.